The van der Waals surface area contributed by atoms with Crippen molar-refractivity contribution >= 4 is 12.4 Å². The fraction of sp³-hybridized carbons (Fsp3) is 0.316. The van der Waals surface area contributed by atoms with Crippen LogP contribution in [-0.2, 0) is 33.0 Å². The average molecular weight is 972 g/mol. The number of likely N-dealkylation sites (N-methyl/N-ethyl adjacent to an activating group) is 2. The van der Waals surface area contributed by atoms with Gasteiger partial charge in [0.25, 0.3) is 0 Å². The largest absolute Gasteiger partial charge is 3.00 e. The molecule has 2 radical (unpaired) electrons. The van der Waals surface area contributed by atoms with Crippen LogP contribution in [0.25, 0.3) is 23.0 Å². The molecule has 0 unspecified atom stereocenters. The van der Waals surface area contributed by atoms with Gasteiger partial charge >= 0.3 is 33.0 Å². The summed E-state index contributed by atoms with van der Waals surface area (Å²) >= 11 is 0. The van der Waals surface area contributed by atoms with Gasteiger partial charge in [0.1, 0.15) is 11.5 Å². The maximum atomic E-state index is 11.7. The number of methoxy groups -OCH3 is 2. The Morgan fingerprint density at radius 3 is 1.33 bits per heavy atom. The summed E-state index contributed by atoms with van der Waals surface area (Å²) in [4.78, 5) is 23.9. The van der Waals surface area contributed by atoms with Crippen LogP contribution in [0.4, 0.5) is 0 Å². The maximum absolute atomic E-state index is 11.7. The molecule has 0 amide bonds. The minimum absolute atomic E-state index is 0. The van der Waals surface area contributed by atoms with Gasteiger partial charge in [0.2, 0.25) is 0 Å². The molecular weight excluding hydrogens is 922 g/mol. The Hall–Kier alpha value is -6.91. The topological polar surface area (TPSA) is 381 Å². The van der Waals surface area contributed by atoms with Crippen molar-refractivity contribution in [3.63, 3.8) is 0 Å². The molecule has 0 spiro atoms. The van der Waals surface area contributed by atoms with Gasteiger partial charge in [-0.25, -0.2) is 0 Å². The number of aromatic nitrogens is 12. The number of nitrogens with zero attached hydrogens (tertiary/aromatic N) is 16. The van der Waals surface area contributed by atoms with Gasteiger partial charge in [0, 0.05) is 64.2 Å². The number of aliphatic imine (C=N–C) groups is 2. The van der Waals surface area contributed by atoms with E-state index in [1.807, 2.05) is 13.8 Å². The number of nitrogens with one attached hydrogen (secondary N) is 2. The second kappa shape index (κ2) is 42.8. The van der Waals surface area contributed by atoms with Gasteiger partial charge in [-0.2, -0.15) is 21.0 Å². The van der Waals surface area contributed by atoms with Gasteiger partial charge < -0.3 is 51.5 Å². The van der Waals surface area contributed by atoms with Crippen LogP contribution >= 0.6 is 0 Å². The third kappa shape index (κ3) is 27.1. The van der Waals surface area contributed by atoms with Crippen molar-refractivity contribution in [1.29, 1.82) is 10.5 Å². The number of rotatable bonds is 14. The van der Waals surface area contributed by atoms with E-state index in [2.05, 4.69) is 81.8 Å². The average Bonchev–Trinajstić information content (AvgIpc) is 4.03. The summed E-state index contributed by atoms with van der Waals surface area (Å²) in [5.41, 5.74) is 2.29. The van der Waals surface area contributed by atoms with E-state index in [9.17, 15) is 10.2 Å². The first-order chi connectivity index (χ1) is 29.3. The molecule has 4 heterocycles. The van der Waals surface area contributed by atoms with Crippen molar-refractivity contribution in [1.82, 2.24) is 71.8 Å². The third-order valence-electron chi connectivity index (χ3n) is 6.48. The molecule has 6 N–H and O–H groups in total. The molecule has 6 aromatic rings. The quantitative estimate of drug-likeness (QED) is 0.0794. The molecule has 0 atom stereocenters. The summed E-state index contributed by atoms with van der Waals surface area (Å²) in [6, 6.07) is 13.8. The normalized spacial score (nSPS) is 9.06. The Kier molecular flexibility index (Phi) is 42.6. The molecule has 2 aromatic carbocycles. The van der Waals surface area contributed by atoms with Gasteiger partial charge in [0.05, 0.1) is 74.9 Å². The zero-order valence-electron chi connectivity index (χ0n) is 35.7. The number of ether oxygens (including phenoxy) is 2. The van der Waals surface area contributed by atoms with Crippen molar-refractivity contribution in [2.75, 3.05) is 53.5 Å². The zero-order chi connectivity index (χ0) is 44.1. The first-order valence-electron chi connectivity index (χ1n) is 18.0. The Labute approximate surface area is 391 Å². The summed E-state index contributed by atoms with van der Waals surface area (Å²) in [7, 11) is 2.98. The van der Waals surface area contributed by atoms with Crippen molar-refractivity contribution < 1.29 is 63.6 Å². The van der Waals surface area contributed by atoms with Crippen molar-refractivity contribution in [3.05, 3.63) is 84.7 Å². The molecule has 0 saturated carbocycles. The minimum Gasteiger partial charge on any atom is -0.870 e. The Morgan fingerprint density at radius 1 is 0.672 bits per heavy atom. The number of hydrogen-bond acceptors (Lipinski definition) is 20. The number of nitriles is 2. The summed E-state index contributed by atoms with van der Waals surface area (Å²) < 4.78 is 9.89. The van der Waals surface area contributed by atoms with Gasteiger partial charge in [-0.3, -0.25) is 50.5 Å². The Balaban J connectivity index is -0.000000356. The molecule has 0 aliphatic rings. The molecule has 64 heavy (non-hydrogen) atoms. The van der Waals surface area contributed by atoms with Gasteiger partial charge in [-0.05, 0) is 36.3 Å². The predicted molar refractivity (Wildman–Crippen MR) is 225 cm³/mol. The van der Waals surface area contributed by atoms with Crippen LogP contribution in [0.2, 0.25) is 0 Å². The van der Waals surface area contributed by atoms with Gasteiger partial charge in [-0.1, -0.05) is 49.6 Å². The molecule has 0 saturated heterocycles. The summed E-state index contributed by atoms with van der Waals surface area (Å²) in [6.45, 7) is 11.8. The first kappa shape index (κ1) is 63.7. The van der Waals surface area contributed by atoms with Crippen LogP contribution in [-0.4, -0.2) is 128 Å². The molecular formula is C38H50N18Ni2O6+2. The number of benzene rings is 2. The smallest absolute Gasteiger partial charge is 0.870 e. The second-order valence-electron chi connectivity index (χ2n) is 10.6. The monoisotopic (exact) mass is 970 g/mol. The molecule has 4 aromatic heterocycles. The van der Waals surface area contributed by atoms with Crippen LogP contribution < -0.4 is 40.5 Å². The molecule has 0 fully saturated rings. The summed E-state index contributed by atoms with van der Waals surface area (Å²) in [5.74, 6) is 1.29. The van der Waals surface area contributed by atoms with E-state index >= 15 is 0 Å². The van der Waals surface area contributed by atoms with Gasteiger partial charge in [0.15, 0.2) is 0 Å². The second-order valence-corrected chi connectivity index (χ2v) is 10.6. The first-order valence-corrected chi connectivity index (χ1v) is 18.0. The van der Waals surface area contributed by atoms with E-state index in [1.54, 1.807) is 98.1 Å². The van der Waals surface area contributed by atoms with Gasteiger partial charge in [-0.15, -0.1) is 0 Å². The van der Waals surface area contributed by atoms with Crippen LogP contribution in [0.5, 0.6) is 23.0 Å². The Morgan fingerprint density at radius 2 is 1.05 bits per heavy atom. The van der Waals surface area contributed by atoms with E-state index in [4.69, 9.17) is 20.0 Å². The van der Waals surface area contributed by atoms with Crippen molar-refractivity contribution in [3.8, 4) is 58.2 Å². The van der Waals surface area contributed by atoms with Crippen molar-refractivity contribution in [2.24, 2.45) is 9.98 Å². The van der Waals surface area contributed by atoms with Crippen molar-refractivity contribution in [2.45, 2.75) is 27.7 Å². The molecule has 0 bridgehead atoms. The van der Waals surface area contributed by atoms with E-state index in [-0.39, 0.29) is 55.4 Å². The number of para-hydroxylation sites is 2. The van der Waals surface area contributed by atoms with Crippen LogP contribution in [0.3, 0.4) is 0 Å². The number of tetrazole rings is 2. The molecule has 0 aliphatic heterocycles. The third-order valence-corrected chi connectivity index (χ3v) is 6.48. The maximum Gasteiger partial charge on any atom is 3.00 e. The van der Waals surface area contributed by atoms with E-state index in [0.29, 0.717) is 58.8 Å². The van der Waals surface area contributed by atoms with E-state index in [1.165, 1.54) is 28.1 Å². The molecule has 6 rings (SSSR count). The minimum atomic E-state index is -0.114. The molecule has 26 heteroatoms. The summed E-state index contributed by atoms with van der Waals surface area (Å²) in [5, 5.41) is 72.1. The van der Waals surface area contributed by atoms with E-state index < -0.39 is 0 Å². The van der Waals surface area contributed by atoms with Crippen LogP contribution in [0.15, 0.2) is 83.6 Å². The van der Waals surface area contributed by atoms with E-state index in [0.717, 1.165) is 26.2 Å². The molecule has 24 nitrogen and oxygen atoms in total. The fourth-order valence-corrected chi connectivity index (χ4v) is 3.88. The zero-order valence-corrected chi connectivity index (χ0v) is 37.7. The SMILES string of the molecule is CC#N.CC#N.CCNCCN=Cc1cccc(OC)c1[O-].CCNCCN=Cc1cccc(OC)c1[O-].O.O.[Ni+3].[Ni+3].c1cnc(-c2nnn[n-]2)cn1.c1cnc(-c2nnn[n-]2)cn1. The van der Waals surface area contributed by atoms with Crippen LogP contribution in [0.1, 0.15) is 38.8 Å². The molecule has 0 aliphatic carbocycles. The molecule has 346 valence electrons. The standard InChI is InChI=1S/2C12H18N2O2.2C5H3N6.2C2H3N.2Ni.2H2O/c2*1-3-13-7-8-14-9-10-5-4-6-11(16-2)12(10)15;2*1-2-7-4(3-6-1)5-8-10-11-9-5;2*1-2-3;;;;/h2*4-6,9,13,15H,3,7-8H2,1-2H3;2*1-3H;2*1H3;;;2*1H2/q;;2*-1;;;2*+3;;/p-2. The summed E-state index contributed by atoms with van der Waals surface area (Å²) in [6.07, 6.45) is 12.6. The Bertz CT molecular complexity index is 1960. The fourth-order valence-electron chi connectivity index (χ4n) is 3.88. The number of hydrogen-bond donors (Lipinski definition) is 2. The predicted octanol–water partition coefficient (Wildman–Crippen LogP) is -0.429. The van der Waals surface area contributed by atoms with Crippen LogP contribution in [0, 0.1) is 22.7 Å².